The van der Waals surface area contributed by atoms with E-state index in [9.17, 15) is 0 Å². The van der Waals surface area contributed by atoms with Crippen molar-refractivity contribution in [2.45, 2.75) is 26.3 Å². The Hall–Kier alpha value is -0.390. The number of aromatic nitrogens is 3. The molecule has 2 aromatic rings. The lowest BCUT2D eigenvalue weighted by Gasteiger charge is -2.00. The van der Waals surface area contributed by atoms with Crippen LogP contribution in [-0.4, -0.2) is 14.8 Å². The molecule has 16 heavy (non-hydrogen) atoms. The van der Waals surface area contributed by atoms with E-state index in [2.05, 4.69) is 26.0 Å². The van der Waals surface area contributed by atoms with Gasteiger partial charge in [-0.3, -0.25) is 4.68 Å². The Morgan fingerprint density at radius 1 is 1.50 bits per heavy atom. The first-order valence-corrected chi connectivity index (χ1v) is 7.01. The van der Waals surface area contributed by atoms with Gasteiger partial charge in [0.2, 0.25) is 0 Å². The molecule has 0 spiro atoms. The second-order valence-electron chi connectivity index (χ2n) is 3.51. The van der Waals surface area contributed by atoms with E-state index in [1.807, 2.05) is 23.9 Å². The zero-order valence-corrected chi connectivity index (χ0v) is 12.2. The summed E-state index contributed by atoms with van der Waals surface area (Å²) in [5.74, 6) is 0.470. The lowest BCUT2D eigenvalue weighted by Crippen LogP contribution is -2.03. The second-order valence-corrected chi connectivity index (χ2v) is 5.51. The molecule has 0 N–H and O–H groups in total. The highest BCUT2D eigenvalue weighted by Gasteiger charge is 2.10. The van der Waals surface area contributed by atoms with Crippen molar-refractivity contribution in [3.63, 3.8) is 0 Å². The monoisotopic (exact) mass is 319 g/mol. The van der Waals surface area contributed by atoms with Crippen LogP contribution in [0.3, 0.4) is 0 Å². The Balaban J connectivity index is 2.23. The van der Waals surface area contributed by atoms with Gasteiger partial charge in [0.05, 0.1) is 34.0 Å². The molecule has 2 heterocycles. The van der Waals surface area contributed by atoms with Crippen molar-refractivity contribution in [2.24, 2.45) is 0 Å². The Bertz CT molecular complexity index is 506. The van der Waals surface area contributed by atoms with Crippen LogP contribution in [0.1, 0.15) is 22.1 Å². The molecule has 0 unspecified atom stereocenters. The largest absolute Gasteiger partial charge is 0.262 e. The first-order chi connectivity index (χ1) is 7.61. The topological polar surface area (TPSA) is 30.7 Å². The van der Waals surface area contributed by atoms with Crippen LogP contribution in [0.5, 0.6) is 0 Å². The fourth-order valence-corrected chi connectivity index (χ4v) is 2.73. The third kappa shape index (κ3) is 2.31. The molecule has 0 amide bonds. The van der Waals surface area contributed by atoms with Crippen LogP contribution in [-0.2, 0) is 12.4 Å². The molecule has 0 aliphatic heterocycles. The van der Waals surface area contributed by atoms with E-state index in [-0.39, 0.29) is 0 Å². The van der Waals surface area contributed by atoms with Crippen molar-refractivity contribution in [3.05, 3.63) is 31.9 Å². The molecule has 0 aromatic carbocycles. The van der Waals surface area contributed by atoms with Gasteiger partial charge in [0.15, 0.2) is 0 Å². The first-order valence-electron chi connectivity index (χ1n) is 4.80. The Morgan fingerprint density at radius 2 is 2.25 bits per heavy atom. The molecule has 2 rings (SSSR count). The standard InChI is InChI=1S/C10H11BrClN3S/c1-6-10(11)7(2)15(14-6)4-9-13-8(3-12)5-16-9/h5H,3-4H2,1-2H3. The van der Waals surface area contributed by atoms with Gasteiger partial charge in [0.1, 0.15) is 5.01 Å². The Labute approximate surface area is 112 Å². The lowest BCUT2D eigenvalue weighted by molar-refractivity contribution is 0.655. The zero-order chi connectivity index (χ0) is 11.7. The van der Waals surface area contributed by atoms with Crippen molar-refractivity contribution in [1.82, 2.24) is 14.8 Å². The molecule has 0 fully saturated rings. The molecule has 0 aliphatic rings. The summed E-state index contributed by atoms with van der Waals surface area (Å²) in [6.07, 6.45) is 0. The average Bonchev–Trinajstić information content (AvgIpc) is 2.81. The van der Waals surface area contributed by atoms with Crippen LogP contribution in [0.2, 0.25) is 0 Å². The van der Waals surface area contributed by atoms with Gasteiger partial charge in [-0.1, -0.05) is 0 Å². The van der Waals surface area contributed by atoms with E-state index in [0.717, 1.165) is 26.6 Å². The third-order valence-corrected chi connectivity index (χ3v) is 4.62. The summed E-state index contributed by atoms with van der Waals surface area (Å²) >= 11 is 10.8. The Kier molecular flexibility index (Phi) is 3.66. The van der Waals surface area contributed by atoms with Crippen LogP contribution in [0.4, 0.5) is 0 Å². The fraction of sp³-hybridized carbons (Fsp3) is 0.400. The van der Waals surface area contributed by atoms with Gasteiger partial charge in [-0.2, -0.15) is 5.10 Å². The van der Waals surface area contributed by atoms with Gasteiger partial charge in [0.25, 0.3) is 0 Å². The summed E-state index contributed by atoms with van der Waals surface area (Å²) in [5.41, 5.74) is 3.06. The maximum Gasteiger partial charge on any atom is 0.114 e. The number of halogens is 2. The van der Waals surface area contributed by atoms with Gasteiger partial charge in [-0.25, -0.2) is 4.98 Å². The van der Waals surface area contributed by atoms with Crippen LogP contribution in [0, 0.1) is 13.8 Å². The molecule has 3 nitrogen and oxygen atoms in total. The molecule has 0 bridgehead atoms. The average molecular weight is 321 g/mol. The quantitative estimate of drug-likeness (QED) is 0.810. The molecule has 2 aromatic heterocycles. The highest BCUT2D eigenvalue weighted by atomic mass is 79.9. The fourth-order valence-electron chi connectivity index (χ4n) is 1.44. The van der Waals surface area contributed by atoms with Crippen LogP contribution < -0.4 is 0 Å². The van der Waals surface area contributed by atoms with Crippen LogP contribution >= 0.6 is 38.9 Å². The molecule has 86 valence electrons. The summed E-state index contributed by atoms with van der Waals surface area (Å²) in [4.78, 5) is 4.41. The van der Waals surface area contributed by atoms with Gasteiger partial charge < -0.3 is 0 Å². The molecular formula is C10H11BrClN3S. The summed E-state index contributed by atoms with van der Waals surface area (Å²) in [6, 6.07) is 0. The molecule has 0 saturated carbocycles. The summed E-state index contributed by atoms with van der Waals surface area (Å²) in [7, 11) is 0. The third-order valence-electron chi connectivity index (χ3n) is 2.31. The Morgan fingerprint density at radius 3 is 2.75 bits per heavy atom. The lowest BCUT2D eigenvalue weighted by atomic mass is 10.4. The minimum atomic E-state index is 0.470. The van der Waals surface area contributed by atoms with Gasteiger partial charge in [-0.15, -0.1) is 22.9 Å². The van der Waals surface area contributed by atoms with Crippen molar-refractivity contribution in [3.8, 4) is 0 Å². The predicted molar refractivity (Wildman–Crippen MR) is 70.2 cm³/mol. The van der Waals surface area contributed by atoms with E-state index >= 15 is 0 Å². The number of alkyl halides is 1. The number of nitrogens with zero attached hydrogens (tertiary/aromatic N) is 3. The van der Waals surface area contributed by atoms with E-state index in [4.69, 9.17) is 11.6 Å². The van der Waals surface area contributed by atoms with Crippen molar-refractivity contribution in [1.29, 1.82) is 0 Å². The number of aryl methyl sites for hydroxylation is 1. The first kappa shape index (κ1) is 12.1. The summed E-state index contributed by atoms with van der Waals surface area (Å²) in [5, 5.41) is 7.47. The minimum absolute atomic E-state index is 0.470. The second kappa shape index (κ2) is 4.85. The highest BCUT2D eigenvalue weighted by molar-refractivity contribution is 9.10. The number of hydrogen-bond acceptors (Lipinski definition) is 3. The van der Waals surface area contributed by atoms with Crippen molar-refractivity contribution < 1.29 is 0 Å². The molecule has 0 radical (unpaired) electrons. The predicted octanol–water partition coefficient (Wildman–Crippen LogP) is 3.51. The number of hydrogen-bond donors (Lipinski definition) is 0. The molecule has 6 heteroatoms. The van der Waals surface area contributed by atoms with Crippen molar-refractivity contribution >= 4 is 38.9 Å². The van der Waals surface area contributed by atoms with E-state index in [1.54, 1.807) is 11.3 Å². The maximum atomic E-state index is 5.72. The van der Waals surface area contributed by atoms with E-state index < -0.39 is 0 Å². The molecule has 0 aliphatic carbocycles. The highest BCUT2D eigenvalue weighted by Crippen LogP contribution is 2.21. The van der Waals surface area contributed by atoms with Crippen LogP contribution in [0.15, 0.2) is 9.85 Å². The number of rotatable bonds is 3. The minimum Gasteiger partial charge on any atom is -0.262 e. The summed E-state index contributed by atoms with van der Waals surface area (Å²) < 4.78 is 3.03. The summed E-state index contributed by atoms with van der Waals surface area (Å²) in [6.45, 7) is 4.74. The van der Waals surface area contributed by atoms with E-state index in [1.165, 1.54) is 0 Å². The van der Waals surface area contributed by atoms with Crippen LogP contribution in [0.25, 0.3) is 0 Å². The molecule has 0 saturated heterocycles. The SMILES string of the molecule is Cc1nn(Cc2nc(CCl)cs2)c(C)c1Br. The van der Waals surface area contributed by atoms with Gasteiger partial charge in [-0.05, 0) is 29.8 Å². The normalized spacial score (nSPS) is 11.0. The maximum absolute atomic E-state index is 5.72. The number of thiazole rings is 1. The zero-order valence-electron chi connectivity index (χ0n) is 9.00. The van der Waals surface area contributed by atoms with E-state index in [0.29, 0.717) is 12.4 Å². The smallest absolute Gasteiger partial charge is 0.114 e. The molecule has 0 atom stereocenters. The molecular weight excluding hydrogens is 310 g/mol. The van der Waals surface area contributed by atoms with Crippen molar-refractivity contribution in [2.75, 3.05) is 0 Å². The van der Waals surface area contributed by atoms with Gasteiger partial charge >= 0.3 is 0 Å². The van der Waals surface area contributed by atoms with Gasteiger partial charge in [0, 0.05) is 5.38 Å².